The molecule has 2 aliphatic rings. The second kappa shape index (κ2) is 8.97. The van der Waals surface area contributed by atoms with E-state index in [2.05, 4.69) is 9.73 Å². The Labute approximate surface area is 185 Å². The lowest BCUT2D eigenvalue weighted by Crippen LogP contribution is -2.50. The van der Waals surface area contributed by atoms with E-state index in [1.54, 1.807) is 6.92 Å². The van der Waals surface area contributed by atoms with Crippen LogP contribution in [-0.4, -0.2) is 56.9 Å². The molecule has 1 aromatic carbocycles. The number of halogens is 3. The van der Waals surface area contributed by atoms with Gasteiger partial charge in [-0.1, -0.05) is 6.07 Å². The number of sulfone groups is 1. The molecule has 1 aromatic rings. The molecule has 0 amide bonds. The highest BCUT2D eigenvalue weighted by Gasteiger charge is 2.47. The van der Waals surface area contributed by atoms with Crippen LogP contribution < -0.4 is 4.74 Å². The number of aliphatic imine (C=N–C) groups is 1. The van der Waals surface area contributed by atoms with Gasteiger partial charge in [-0.15, -0.1) is 11.6 Å². The van der Waals surface area contributed by atoms with Crippen molar-refractivity contribution in [3.05, 3.63) is 36.0 Å². The summed E-state index contributed by atoms with van der Waals surface area (Å²) in [6, 6.07) is 4.93. The standard InChI is InChI=1S/C19H20ClF2NO6S2/c1-11-10-23-16(15(20)17(11)30(24)25)14-9-19(2,6-7-28-14)31(26,27)13-5-3-4-12(8-13)29-18(21)22/h3-5,8,10,14-15,18H,6-7,9H2,1-2H3. The predicted molar refractivity (Wildman–Crippen MR) is 112 cm³/mol. The number of rotatable bonds is 5. The van der Waals surface area contributed by atoms with Crippen molar-refractivity contribution in [3.8, 4) is 5.75 Å². The van der Waals surface area contributed by atoms with Gasteiger partial charge >= 0.3 is 6.61 Å². The van der Waals surface area contributed by atoms with E-state index in [-0.39, 0.29) is 40.7 Å². The van der Waals surface area contributed by atoms with Gasteiger partial charge in [0.1, 0.15) is 16.0 Å². The van der Waals surface area contributed by atoms with Gasteiger partial charge in [0.15, 0.2) is 9.84 Å². The first kappa shape index (κ1) is 23.8. The van der Waals surface area contributed by atoms with E-state index in [4.69, 9.17) is 16.3 Å². The van der Waals surface area contributed by atoms with Crippen LogP contribution in [0.5, 0.6) is 5.75 Å². The molecule has 0 aromatic heterocycles. The van der Waals surface area contributed by atoms with Gasteiger partial charge in [-0.2, -0.15) is 17.2 Å². The molecule has 3 rings (SSSR count). The Morgan fingerprint density at radius 2 is 2.06 bits per heavy atom. The molecule has 0 bridgehead atoms. The van der Waals surface area contributed by atoms with E-state index in [9.17, 15) is 25.6 Å². The molecule has 2 heterocycles. The monoisotopic (exact) mass is 495 g/mol. The van der Waals surface area contributed by atoms with E-state index in [1.165, 1.54) is 31.3 Å². The van der Waals surface area contributed by atoms with Gasteiger partial charge in [0, 0.05) is 12.8 Å². The van der Waals surface area contributed by atoms with Gasteiger partial charge in [0.05, 0.1) is 21.5 Å². The Hall–Kier alpha value is -1.82. The predicted octanol–water partition coefficient (Wildman–Crippen LogP) is 3.02. The molecule has 170 valence electrons. The summed E-state index contributed by atoms with van der Waals surface area (Å²) in [5.74, 6) is -0.265. The molecule has 1 fully saturated rings. The van der Waals surface area contributed by atoms with Gasteiger partial charge in [-0.25, -0.2) is 8.42 Å². The number of benzene rings is 1. The number of allylic oxidation sites excluding steroid dienone is 1. The van der Waals surface area contributed by atoms with Crippen molar-refractivity contribution >= 4 is 42.3 Å². The topological polar surface area (TPSA) is 99.1 Å². The van der Waals surface area contributed by atoms with Crippen LogP contribution in [0.4, 0.5) is 8.78 Å². The van der Waals surface area contributed by atoms with Crippen LogP contribution in [0.2, 0.25) is 0 Å². The third-order valence-electron chi connectivity index (χ3n) is 5.35. The molecule has 12 heteroatoms. The number of hydrogen-bond donors (Lipinski definition) is 0. The zero-order valence-electron chi connectivity index (χ0n) is 16.6. The summed E-state index contributed by atoms with van der Waals surface area (Å²) in [5.41, 5.74) is 0.599. The van der Waals surface area contributed by atoms with Gasteiger partial charge in [0.2, 0.25) is 10.3 Å². The molecule has 7 nitrogen and oxygen atoms in total. The average Bonchev–Trinajstić information content (AvgIpc) is 2.67. The average molecular weight is 496 g/mol. The smallest absolute Gasteiger partial charge is 0.387 e. The van der Waals surface area contributed by atoms with Crippen LogP contribution >= 0.6 is 11.6 Å². The molecule has 1 saturated heterocycles. The van der Waals surface area contributed by atoms with Crippen molar-refractivity contribution in [1.82, 2.24) is 0 Å². The molecular weight excluding hydrogens is 476 g/mol. The number of nitrogens with zero attached hydrogens (tertiary/aromatic N) is 1. The van der Waals surface area contributed by atoms with Crippen LogP contribution in [-0.2, 0) is 24.9 Å². The maximum Gasteiger partial charge on any atom is 0.387 e. The minimum Gasteiger partial charge on any atom is -0.435 e. The van der Waals surface area contributed by atoms with Crippen molar-refractivity contribution in [1.29, 1.82) is 0 Å². The Balaban J connectivity index is 1.94. The van der Waals surface area contributed by atoms with E-state index >= 15 is 0 Å². The van der Waals surface area contributed by atoms with Crippen molar-refractivity contribution in [3.63, 3.8) is 0 Å². The SMILES string of the molecule is CC1=CN=C(C2CC(C)(S(=O)(=O)c3cccc(OC(F)F)c3)CCO2)C(Cl)C1=S(=O)=O. The molecule has 3 atom stereocenters. The van der Waals surface area contributed by atoms with Crippen LogP contribution in [0.3, 0.4) is 0 Å². The molecule has 0 aliphatic carbocycles. The second-order valence-electron chi connectivity index (χ2n) is 7.45. The Kier molecular flexibility index (Phi) is 6.90. The van der Waals surface area contributed by atoms with E-state index in [1.807, 2.05) is 0 Å². The maximum absolute atomic E-state index is 13.4. The molecule has 0 saturated carbocycles. The van der Waals surface area contributed by atoms with Crippen LogP contribution in [0, 0.1) is 0 Å². The van der Waals surface area contributed by atoms with E-state index in [0.29, 0.717) is 5.57 Å². The largest absolute Gasteiger partial charge is 0.435 e. The molecular formula is C19H20ClF2NO6S2. The maximum atomic E-state index is 13.4. The normalized spacial score (nSPS) is 27.0. The third-order valence-corrected chi connectivity index (χ3v) is 9.38. The summed E-state index contributed by atoms with van der Waals surface area (Å²) < 4.78 is 83.7. The van der Waals surface area contributed by atoms with Gasteiger partial charge in [-0.05, 0) is 50.5 Å². The molecule has 0 radical (unpaired) electrons. The summed E-state index contributed by atoms with van der Waals surface area (Å²) in [5, 5.41) is -1.08. The molecule has 3 unspecified atom stereocenters. The summed E-state index contributed by atoms with van der Waals surface area (Å²) >= 11 is 6.35. The summed E-state index contributed by atoms with van der Waals surface area (Å²) in [6.45, 7) is 0.0718. The fraction of sp³-hybridized carbons (Fsp3) is 0.474. The lowest BCUT2D eigenvalue weighted by molar-refractivity contribution is -0.0499. The molecule has 2 aliphatic heterocycles. The first-order valence-electron chi connectivity index (χ1n) is 9.22. The summed E-state index contributed by atoms with van der Waals surface area (Å²) in [4.78, 5) is 4.02. The quantitative estimate of drug-likeness (QED) is 0.460. The van der Waals surface area contributed by atoms with E-state index < -0.39 is 43.0 Å². The Morgan fingerprint density at radius 3 is 2.71 bits per heavy atom. The molecule has 0 spiro atoms. The lowest BCUT2D eigenvalue weighted by atomic mass is 9.91. The third kappa shape index (κ3) is 4.69. The Bertz CT molecular complexity index is 1170. The minimum atomic E-state index is -4.00. The van der Waals surface area contributed by atoms with Gasteiger partial charge in [-0.3, -0.25) is 4.99 Å². The minimum absolute atomic E-state index is 0.0387. The van der Waals surface area contributed by atoms with Crippen LogP contribution in [0.15, 0.2) is 45.9 Å². The summed E-state index contributed by atoms with van der Waals surface area (Å²) in [6.07, 6.45) is 0.627. The van der Waals surface area contributed by atoms with Gasteiger partial charge in [0.25, 0.3) is 0 Å². The lowest BCUT2D eigenvalue weighted by Gasteiger charge is -2.39. The van der Waals surface area contributed by atoms with Crippen LogP contribution in [0.25, 0.3) is 0 Å². The van der Waals surface area contributed by atoms with E-state index in [0.717, 1.165) is 6.07 Å². The zero-order valence-corrected chi connectivity index (χ0v) is 19.0. The van der Waals surface area contributed by atoms with Crippen molar-refractivity contribution in [2.24, 2.45) is 4.99 Å². The fourth-order valence-electron chi connectivity index (χ4n) is 3.60. The van der Waals surface area contributed by atoms with Crippen molar-refractivity contribution < 1.29 is 35.1 Å². The zero-order chi connectivity index (χ0) is 23.0. The number of ether oxygens (including phenoxy) is 2. The van der Waals surface area contributed by atoms with Crippen molar-refractivity contribution in [2.45, 2.75) is 54.4 Å². The molecule has 0 N–H and O–H groups in total. The Morgan fingerprint density at radius 1 is 1.35 bits per heavy atom. The highest BCUT2D eigenvalue weighted by Crippen LogP contribution is 2.39. The first-order chi connectivity index (χ1) is 14.5. The summed E-state index contributed by atoms with van der Waals surface area (Å²) in [7, 11) is -6.57. The highest BCUT2D eigenvalue weighted by atomic mass is 35.5. The van der Waals surface area contributed by atoms with Gasteiger partial charge < -0.3 is 9.47 Å². The highest BCUT2D eigenvalue weighted by molar-refractivity contribution is 7.92. The fourth-order valence-corrected chi connectivity index (χ4v) is 6.62. The van der Waals surface area contributed by atoms with Crippen LogP contribution in [0.1, 0.15) is 26.7 Å². The number of alkyl halides is 3. The van der Waals surface area contributed by atoms with Crippen molar-refractivity contribution in [2.75, 3.05) is 6.61 Å². The molecule has 31 heavy (non-hydrogen) atoms. The second-order valence-corrected chi connectivity index (χ2v) is 11.3. The first-order valence-corrected chi connectivity index (χ1v) is 12.2. The number of hydrogen-bond acceptors (Lipinski definition) is 7.